The fourth-order valence-corrected chi connectivity index (χ4v) is 5.32. The Hall–Kier alpha value is 0.700. The van der Waals surface area contributed by atoms with E-state index in [0.29, 0.717) is 9.49 Å². The minimum atomic E-state index is 0.413. The molecular formula is C14H30S2. The van der Waals surface area contributed by atoms with Gasteiger partial charge in [-0.3, -0.25) is 0 Å². The molecule has 0 bridgehead atoms. The van der Waals surface area contributed by atoms with E-state index in [1.165, 1.54) is 12.8 Å². The van der Waals surface area contributed by atoms with Crippen molar-refractivity contribution in [3.8, 4) is 0 Å². The van der Waals surface area contributed by atoms with E-state index in [1.807, 2.05) is 0 Å². The first-order valence-electron chi connectivity index (χ1n) is 6.58. The Morgan fingerprint density at radius 2 is 1.00 bits per heavy atom. The zero-order valence-electron chi connectivity index (χ0n) is 12.4. The summed E-state index contributed by atoms with van der Waals surface area (Å²) in [5.41, 5.74) is 0. The van der Waals surface area contributed by atoms with Crippen LogP contribution in [0, 0.1) is 11.8 Å². The monoisotopic (exact) mass is 262 g/mol. The van der Waals surface area contributed by atoms with Crippen LogP contribution in [-0.4, -0.2) is 9.49 Å². The minimum absolute atomic E-state index is 0.413. The van der Waals surface area contributed by atoms with Crippen molar-refractivity contribution in [1.29, 1.82) is 0 Å². The molecule has 0 aromatic heterocycles. The van der Waals surface area contributed by atoms with Gasteiger partial charge in [0.05, 0.1) is 0 Å². The first-order valence-corrected chi connectivity index (χ1v) is 8.73. The molecule has 0 aliphatic carbocycles. The standard InChI is InChI=1S/C14H30S2/c1-9-13(7,11(3)4)15-16-14(8,10-2)12(5)6/h11-12H,9-10H2,1-8H3. The Bertz CT molecular complexity index is 179. The van der Waals surface area contributed by atoms with Crippen LogP contribution < -0.4 is 0 Å². The highest BCUT2D eigenvalue weighted by atomic mass is 33.1. The molecule has 0 spiro atoms. The summed E-state index contributed by atoms with van der Waals surface area (Å²) < 4.78 is 0.825. The Kier molecular flexibility index (Phi) is 6.87. The fourth-order valence-electron chi connectivity index (χ4n) is 1.32. The van der Waals surface area contributed by atoms with Crippen LogP contribution in [0.2, 0.25) is 0 Å². The molecule has 0 rings (SSSR count). The first-order chi connectivity index (χ1) is 7.22. The third-order valence-corrected chi connectivity index (χ3v) is 9.17. The summed E-state index contributed by atoms with van der Waals surface area (Å²) in [5.74, 6) is 1.48. The largest absolute Gasteiger partial charge is 0.0868 e. The van der Waals surface area contributed by atoms with Crippen molar-refractivity contribution in [2.24, 2.45) is 11.8 Å². The number of rotatable bonds is 7. The third kappa shape index (κ3) is 4.18. The van der Waals surface area contributed by atoms with E-state index in [-0.39, 0.29) is 0 Å². The molecule has 0 nitrogen and oxygen atoms in total. The van der Waals surface area contributed by atoms with Crippen molar-refractivity contribution in [2.45, 2.75) is 77.7 Å². The van der Waals surface area contributed by atoms with Crippen molar-refractivity contribution < 1.29 is 0 Å². The first kappa shape index (κ1) is 16.7. The Morgan fingerprint density at radius 3 is 1.12 bits per heavy atom. The van der Waals surface area contributed by atoms with Gasteiger partial charge in [0.1, 0.15) is 0 Å². The van der Waals surface area contributed by atoms with Crippen LogP contribution in [0.15, 0.2) is 0 Å². The summed E-state index contributed by atoms with van der Waals surface area (Å²) in [6, 6.07) is 0. The molecule has 2 unspecified atom stereocenters. The van der Waals surface area contributed by atoms with E-state index in [9.17, 15) is 0 Å². The molecule has 0 amide bonds. The molecular weight excluding hydrogens is 232 g/mol. The van der Waals surface area contributed by atoms with Gasteiger partial charge in [0, 0.05) is 9.49 Å². The summed E-state index contributed by atoms with van der Waals surface area (Å²) in [5, 5.41) is 0. The normalized spacial score (nSPS) is 19.9. The Morgan fingerprint density at radius 1 is 0.750 bits per heavy atom. The Balaban J connectivity index is 4.52. The van der Waals surface area contributed by atoms with Crippen molar-refractivity contribution in [2.75, 3.05) is 0 Å². The maximum absolute atomic E-state index is 2.41. The molecule has 0 N–H and O–H groups in total. The highest BCUT2D eigenvalue weighted by Crippen LogP contribution is 2.51. The molecule has 0 aromatic rings. The fraction of sp³-hybridized carbons (Fsp3) is 1.00. The average molecular weight is 263 g/mol. The summed E-state index contributed by atoms with van der Waals surface area (Å²) in [6.45, 7) is 18.8. The van der Waals surface area contributed by atoms with E-state index in [2.05, 4.69) is 77.0 Å². The average Bonchev–Trinajstić information content (AvgIpc) is 2.24. The van der Waals surface area contributed by atoms with Crippen molar-refractivity contribution in [3.05, 3.63) is 0 Å². The zero-order valence-corrected chi connectivity index (χ0v) is 14.0. The second-order valence-electron chi connectivity index (χ2n) is 5.81. The lowest BCUT2D eigenvalue weighted by Crippen LogP contribution is -2.30. The third-order valence-electron chi connectivity index (χ3n) is 4.27. The summed E-state index contributed by atoms with van der Waals surface area (Å²) >= 11 is 0. The summed E-state index contributed by atoms with van der Waals surface area (Å²) in [7, 11) is 4.22. The minimum Gasteiger partial charge on any atom is -0.0868 e. The van der Waals surface area contributed by atoms with Gasteiger partial charge < -0.3 is 0 Å². The SMILES string of the molecule is CCC(C)(SSC(C)(CC)C(C)C)C(C)C. The summed E-state index contributed by atoms with van der Waals surface area (Å²) in [4.78, 5) is 0. The van der Waals surface area contributed by atoms with Crippen molar-refractivity contribution >= 4 is 21.6 Å². The highest BCUT2D eigenvalue weighted by Gasteiger charge is 2.34. The molecule has 2 atom stereocenters. The van der Waals surface area contributed by atoms with Crippen LogP contribution >= 0.6 is 21.6 Å². The van der Waals surface area contributed by atoms with E-state index in [0.717, 1.165) is 11.8 Å². The second kappa shape index (κ2) is 6.58. The topological polar surface area (TPSA) is 0 Å². The van der Waals surface area contributed by atoms with E-state index in [1.54, 1.807) is 0 Å². The second-order valence-corrected chi connectivity index (χ2v) is 9.01. The molecule has 0 fully saturated rings. The molecule has 0 heterocycles. The van der Waals surface area contributed by atoms with Gasteiger partial charge >= 0.3 is 0 Å². The highest BCUT2D eigenvalue weighted by molar-refractivity contribution is 8.77. The lowest BCUT2D eigenvalue weighted by Gasteiger charge is -2.38. The van der Waals surface area contributed by atoms with Crippen LogP contribution in [0.3, 0.4) is 0 Å². The van der Waals surface area contributed by atoms with Gasteiger partial charge in [-0.25, -0.2) is 0 Å². The van der Waals surface area contributed by atoms with Gasteiger partial charge in [-0.05, 0) is 38.5 Å². The molecule has 0 aliphatic rings. The van der Waals surface area contributed by atoms with Crippen LogP contribution in [0.1, 0.15) is 68.2 Å². The van der Waals surface area contributed by atoms with E-state index >= 15 is 0 Å². The van der Waals surface area contributed by atoms with Crippen LogP contribution in [-0.2, 0) is 0 Å². The number of hydrogen-bond donors (Lipinski definition) is 0. The van der Waals surface area contributed by atoms with E-state index in [4.69, 9.17) is 0 Å². The maximum atomic E-state index is 2.41. The molecule has 0 saturated carbocycles. The van der Waals surface area contributed by atoms with Gasteiger partial charge in [-0.15, -0.1) is 0 Å². The predicted molar refractivity (Wildman–Crippen MR) is 82.3 cm³/mol. The van der Waals surface area contributed by atoms with Crippen molar-refractivity contribution in [3.63, 3.8) is 0 Å². The smallest absolute Gasteiger partial charge is 0.0256 e. The quantitative estimate of drug-likeness (QED) is 0.515. The molecule has 0 aliphatic heterocycles. The van der Waals surface area contributed by atoms with Gasteiger partial charge in [0.15, 0.2) is 0 Å². The van der Waals surface area contributed by atoms with Crippen molar-refractivity contribution in [1.82, 2.24) is 0 Å². The molecule has 2 heteroatoms. The summed E-state index contributed by atoms with van der Waals surface area (Å²) in [6.07, 6.45) is 2.50. The number of hydrogen-bond acceptors (Lipinski definition) is 2. The van der Waals surface area contributed by atoms with E-state index < -0.39 is 0 Å². The molecule has 0 saturated heterocycles. The predicted octanol–water partition coefficient (Wildman–Crippen LogP) is 6.02. The van der Waals surface area contributed by atoms with Gasteiger partial charge in [0.2, 0.25) is 0 Å². The van der Waals surface area contributed by atoms with Crippen LogP contribution in [0.4, 0.5) is 0 Å². The molecule has 0 radical (unpaired) electrons. The van der Waals surface area contributed by atoms with Gasteiger partial charge in [-0.2, -0.15) is 0 Å². The van der Waals surface area contributed by atoms with Crippen LogP contribution in [0.25, 0.3) is 0 Å². The lowest BCUT2D eigenvalue weighted by molar-refractivity contribution is 0.452. The molecule has 98 valence electrons. The Labute approximate surface area is 111 Å². The molecule has 16 heavy (non-hydrogen) atoms. The van der Waals surface area contributed by atoms with Gasteiger partial charge in [-0.1, -0.05) is 63.1 Å². The van der Waals surface area contributed by atoms with Gasteiger partial charge in [0.25, 0.3) is 0 Å². The lowest BCUT2D eigenvalue weighted by atomic mass is 9.94. The van der Waals surface area contributed by atoms with Crippen LogP contribution in [0.5, 0.6) is 0 Å². The maximum Gasteiger partial charge on any atom is 0.0256 e. The zero-order chi connectivity index (χ0) is 13.0. The molecule has 0 aromatic carbocycles.